The van der Waals surface area contributed by atoms with Crippen LogP contribution in [0, 0.1) is 0 Å². The van der Waals surface area contributed by atoms with Crippen LogP contribution in [0.3, 0.4) is 0 Å². The second-order valence-corrected chi connectivity index (χ2v) is 7.28. The summed E-state index contributed by atoms with van der Waals surface area (Å²) in [5.74, 6) is 0.0834. The highest BCUT2D eigenvalue weighted by atomic mass is 16.1. The molecule has 0 bridgehead atoms. The molecule has 3 heteroatoms. The standard InChI is InChI=1S/C24H26N2O/c27-24(18-21-8-5-7-20-6-1-2-9-23(20)21)25-15-14-19-10-12-22(13-11-19)26-16-3-4-17-26/h1-2,5-13H,3-4,14-18H2,(H,25,27). The summed E-state index contributed by atoms with van der Waals surface area (Å²) in [5, 5.41) is 5.41. The van der Waals surface area contributed by atoms with Gasteiger partial charge in [0.25, 0.3) is 0 Å². The number of anilines is 1. The molecule has 1 aliphatic heterocycles. The van der Waals surface area contributed by atoms with Crippen LogP contribution in [0.25, 0.3) is 10.8 Å². The van der Waals surface area contributed by atoms with Crippen molar-refractivity contribution in [3.05, 3.63) is 77.9 Å². The highest BCUT2D eigenvalue weighted by Gasteiger charge is 2.12. The Kier molecular flexibility index (Phi) is 5.38. The summed E-state index contributed by atoms with van der Waals surface area (Å²) in [6.45, 7) is 3.01. The van der Waals surface area contributed by atoms with Gasteiger partial charge in [-0.05, 0) is 53.3 Å². The minimum absolute atomic E-state index is 0.0834. The molecule has 3 aromatic rings. The van der Waals surface area contributed by atoms with Gasteiger partial charge in [-0.2, -0.15) is 0 Å². The number of rotatable bonds is 6. The van der Waals surface area contributed by atoms with Gasteiger partial charge < -0.3 is 10.2 Å². The Balaban J connectivity index is 1.29. The molecule has 1 saturated heterocycles. The molecular weight excluding hydrogens is 332 g/mol. The molecule has 0 saturated carbocycles. The quantitative estimate of drug-likeness (QED) is 0.711. The van der Waals surface area contributed by atoms with Gasteiger partial charge in [-0.3, -0.25) is 4.79 Å². The molecule has 1 amide bonds. The fourth-order valence-electron chi connectivity index (χ4n) is 3.88. The zero-order chi connectivity index (χ0) is 18.5. The summed E-state index contributed by atoms with van der Waals surface area (Å²) in [6, 6.07) is 23.2. The normalized spacial score (nSPS) is 13.9. The monoisotopic (exact) mass is 358 g/mol. The zero-order valence-corrected chi connectivity index (χ0v) is 15.7. The molecule has 1 heterocycles. The first-order valence-corrected chi connectivity index (χ1v) is 9.87. The second-order valence-electron chi connectivity index (χ2n) is 7.28. The lowest BCUT2D eigenvalue weighted by atomic mass is 10.0. The Morgan fingerprint density at radius 1 is 0.889 bits per heavy atom. The van der Waals surface area contributed by atoms with Crippen molar-refractivity contribution in [2.75, 3.05) is 24.5 Å². The first kappa shape index (κ1) is 17.6. The molecule has 138 valence electrons. The van der Waals surface area contributed by atoms with E-state index in [-0.39, 0.29) is 5.91 Å². The lowest BCUT2D eigenvalue weighted by molar-refractivity contribution is -0.120. The highest BCUT2D eigenvalue weighted by molar-refractivity contribution is 5.90. The van der Waals surface area contributed by atoms with Crippen molar-refractivity contribution in [1.29, 1.82) is 0 Å². The third-order valence-corrected chi connectivity index (χ3v) is 5.37. The lowest BCUT2D eigenvalue weighted by Crippen LogP contribution is -2.27. The summed E-state index contributed by atoms with van der Waals surface area (Å²) >= 11 is 0. The Bertz CT molecular complexity index is 906. The first-order chi connectivity index (χ1) is 13.3. The van der Waals surface area contributed by atoms with Gasteiger partial charge in [-0.1, -0.05) is 54.6 Å². The van der Waals surface area contributed by atoms with E-state index in [1.54, 1.807) is 0 Å². The van der Waals surface area contributed by atoms with Gasteiger partial charge in [0.2, 0.25) is 5.91 Å². The van der Waals surface area contributed by atoms with Gasteiger partial charge in [0.1, 0.15) is 0 Å². The SMILES string of the molecule is O=C(Cc1cccc2ccccc12)NCCc1ccc(N2CCCC2)cc1. The molecule has 27 heavy (non-hydrogen) atoms. The second kappa shape index (κ2) is 8.26. The molecule has 0 atom stereocenters. The van der Waals surface area contributed by atoms with Gasteiger partial charge in [0, 0.05) is 25.3 Å². The largest absolute Gasteiger partial charge is 0.372 e. The molecular formula is C24H26N2O. The number of carbonyl (C=O) groups excluding carboxylic acids is 1. The number of nitrogens with one attached hydrogen (secondary N) is 1. The van der Waals surface area contributed by atoms with Crippen molar-refractivity contribution in [1.82, 2.24) is 5.32 Å². The molecule has 4 rings (SSSR count). The van der Waals surface area contributed by atoms with Crippen molar-refractivity contribution in [2.45, 2.75) is 25.7 Å². The third-order valence-electron chi connectivity index (χ3n) is 5.37. The van der Waals surface area contributed by atoms with E-state index in [0.717, 1.165) is 17.4 Å². The summed E-state index contributed by atoms with van der Waals surface area (Å²) < 4.78 is 0. The number of amides is 1. The Morgan fingerprint density at radius 3 is 2.44 bits per heavy atom. The molecule has 1 aliphatic rings. The fourth-order valence-corrected chi connectivity index (χ4v) is 3.88. The van der Waals surface area contributed by atoms with Crippen LogP contribution in [0.2, 0.25) is 0 Å². The van der Waals surface area contributed by atoms with E-state index in [4.69, 9.17) is 0 Å². The van der Waals surface area contributed by atoms with E-state index < -0.39 is 0 Å². The Labute approximate surface area is 161 Å². The predicted molar refractivity (Wildman–Crippen MR) is 112 cm³/mol. The summed E-state index contributed by atoms with van der Waals surface area (Å²) in [5.41, 5.74) is 3.67. The van der Waals surface area contributed by atoms with E-state index in [0.29, 0.717) is 13.0 Å². The first-order valence-electron chi connectivity index (χ1n) is 9.87. The minimum atomic E-state index is 0.0834. The zero-order valence-electron chi connectivity index (χ0n) is 15.7. The van der Waals surface area contributed by atoms with Crippen LogP contribution in [0.4, 0.5) is 5.69 Å². The predicted octanol–water partition coefficient (Wildman–Crippen LogP) is 4.34. The lowest BCUT2D eigenvalue weighted by Gasteiger charge is -2.17. The van der Waals surface area contributed by atoms with Crippen molar-refractivity contribution in [2.24, 2.45) is 0 Å². The maximum absolute atomic E-state index is 12.4. The maximum atomic E-state index is 12.4. The number of hydrogen-bond donors (Lipinski definition) is 1. The molecule has 0 spiro atoms. The van der Waals surface area contributed by atoms with Crippen LogP contribution in [-0.4, -0.2) is 25.5 Å². The van der Waals surface area contributed by atoms with E-state index >= 15 is 0 Å². The van der Waals surface area contributed by atoms with Crippen molar-refractivity contribution in [3.8, 4) is 0 Å². The number of carbonyl (C=O) groups is 1. The molecule has 0 aromatic heterocycles. The van der Waals surface area contributed by atoms with Crippen LogP contribution in [-0.2, 0) is 17.6 Å². The number of fused-ring (bicyclic) bond motifs is 1. The van der Waals surface area contributed by atoms with E-state index in [2.05, 4.69) is 52.7 Å². The number of hydrogen-bond acceptors (Lipinski definition) is 2. The summed E-state index contributed by atoms with van der Waals surface area (Å²) in [6.07, 6.45) is 3.88. The Hall–Kier alpha value is -2.81. The highest BCUT2D eigenvalue weighted by Crippen LogP contribution is 2.21. The Morgan fingerprint density at radius 2 is 1.63 bits per heavy atom. The van der Waals surface area contributed by atoms with Crippen molar-refractivity contribution >= 4 is 22.4 Å². The smallest absolute Gasteiger partial charge is 0.224 e. The van der Waals surface area contributed by atoms with Crippen LogP contribution >= 0.6 is 0 Å². The van der Waals surface area contributed by atoms with Gasteiger partial charge in [-0.15, -0.1) is 0 Å². The van der Waals surface area contributed by atoms with Crippen LogP contribution in [0.15, 0.2) is 66.7 Å². The molecule has 0 aliphatic carbocycles. The van der Waals surface area contributed by atoms with E-state index in [9.17, 15) is 4.79 Å². The fraction of sp³-hybridized carbons (Fsp3) is 0.292. The number of nitrogens with zero attached hydrogens (tertiary/aromatic N) is 1. The van der Waals surface area contributed by atoms with Gasteiger partial charge in [0.05, 0.1) is 6.42 Å². The van der Waals surface area contributed by atoms with E-state index in [1.165, 1.54) is 42.6 Å². The van der Waals surface area contributed by atoms with Crippen LogP contribution < -0.4 is 10.2 Å². The number of benzene rings is 3. The molecule has 1 fully saturated rings. The molecule has 0 radical (unpaired) electrons. The van der Waals surface area contributed by atoms with Crippen LogP contribution in [0.5, 0.6) is 0 Å². The van der Waals surface area contributed by atoms with Gasteiger partial charge in [0.15, 0.2) is 0 Å². The summed E-state index contributed by atoms with van der Waals surface area (Å²) in [7, 11) is 0. The van der Waals surface area contributed by atoms with Crippen molar-refractivity contribution in [3.63, 3.8) is 0 Å². The summed E-state index contributed by atoms with van der Waals surface area (Å²) in [4.78, 5) is 14.8. The molecule has 1 N–H and O–H groups in total. The van der Waals surface area contributed by atoms with E-state index in [1.807, 2.05) is 24.3 Å². The molecule has 3 nitrogen and oxygen atoms in total. The topological polar surface area (TPSA) is 32.3 Å². The average molecular weight is 358 g/mol. The van der Waals surface area contributed by atoms with Gasteiger partial charge >= 0.3 is 0 Å². The van der Waals surface area contributed by atoms with Crippen molar-refractivity contribution < 1.29 is 4.79 Å². The minimum Gasteiger partial charge on any atom is -0.372 e. The third kappa shape index (κ3) is 4.30. The maximum Gasteiger partial charge on any atom is 0.224 e. The average Bonchev–Trinajstić information content (AvgIpc) is 3.24. The molecule has 3 aromatic carbocycles. The molecule has 0 unspecified atom stereocenters. The van der Waals surface area contributed by atoms with Gasteiger partial charge in [-0.25, -0.2) is 0 Å². The van der Waals surface area contributed by atoms with Crippen LogP contribution in [0.1, 0.15) is 24.0 Å².